The van der Waals surface area contributed by atoms with Crippen molar-refractivity contribution in [1.82, 2.24) is 0 Å². The number of nitrogens with two attached hydrogens (primary N) is 1. The fraction of sp³-hybridized carbons (Fsp3) is 0.600. The van der Waals surface area contributed by atoms with E-state index in [9.17, 15) is 0 Å². The molecule has 72 valence electrons. The van der Waals surface area contributed by atoms with Crippen molar-refractivity contribution < 1.29 is 4.74 Å². The van der Waals surface area contributed by atoms with Gasteiger partial charge in [0.2, 0.25) is 0 Å². The highest BCUT2D eigenvalue weighted by molar-refractivity contribution is 7.10. The second-order valence-corrected chi connectivity index (χ2v) is 4.41. The molecule has 0 bridgehead atoms. The summed E-state index contributed by atoms with van der Waals surface area (Å²) in [6, 6.07) is 4.24. The summed E-state index contributed by atoms with van der Waals surface area (Å²) in [6.07, 6.45) is 2.95. The number of rotatable bonds is 5. The smallest absolute Gasteiger partial charge is 0.0945 e. The van der Waals surface area contributed by atoms with Crippen LogP contribution in [-0.2, 0) is 4.74 Å². The molecular formula is C10H15NOS. The van der Waals surface area contributed by atoms with Crippen LogP contribution in [0.1, 0.15) is 23.8 Å². The van der Waals surface area contributed by atoms with Gasteiger partial charge in [-0.15, -0.1) is 11.3 Å². The van der Waals surface area contributed by atoms with Gasteiger partial charge in [-0.1, -0.05) is 6.07 Å². The van der Waals surface area contributed by atoms with Gasteiger partial charge in [0.05, 0.1) is 12.7 Å². The van der Waals surface area contributed by atoms with Crippen molar-refractivity contribution in [1.29, 1.82) is 0 Å². The molecule has 0 radical (unpaired) electrons. The molecule has 1 aliphatic carbocycles. The second-order valence-electron chi connectivity index (χ2n) is 3.43. The fourth-order valence-electron chi connectivity index (χ4n) is 1.50. The zero-order valence-corrected chi connectivity index (χ0v) is 8.43. The molecule has 1 aromatic rings. The van der Waals surface area contributed by atoms with Crippen LogP contribution in [0.5, 0.6) is 0 Å². The first-order valence-electron chi connectivity index (χ1n) is 4.77. The minimum Gasteiger partial charge on any atom is -0.371 e. The van der Waals surface area contributed by atoms with Crippen molar-refractivity contribution in [2.45, 2.75) is 18.9 Å². The minimum absolute atomic E-state index is 0.323. The van der Waals surface area contributed by atoms with Crippen LogP contribution < -0.4 is 5.73 Å². The summed E-state index contributed by atoms with van der Waals surface area (Å²) in [4.78, 5) is 1.36. The molecule has 1 aromatic heterocycles. The summed E-state index contributed by atoms with van der Waals surface area (Å²) < 4.78 is 5.74. The lowest BCUT2D eigenvalue weighted by Gasteiger charge is -2.14. The number of hydrogen-bond acceptors (Lipinski definition) is 3. The summed E-state index contributed by atoms with van der Waals surface area (Å²) in [5, 5.41) is 2.11. The number of thiophene rings is 1. The van der Waals surface area contributed by atoms with Gasteiger partial charge in [-0.05, 0) is 30.2 Å². The van der Waals surface area contributed by atoms with Crippen molar-refractivity contribution in [3.05, 3.63) is 22.4 Å². The molecule has 13 heavy (non-hydrogen) atoms. The third-order valence-corrected chi connectivity index (χ3v) is 3.22. The van der Waals surface area contributed by atoms with Crippen LogP contribution in [0.4, 0.5) is 0 Å². The molecule has 3 heteroatoms. The molecule has 2 nitrogen and oxygen atoms in total. The molecule has 1 fully saturated rings. The Balaban J connectivity index is 1.97. The minimum atomic E-state index is 0.323. The Hall–Kier alpha value is -0.380. The maximum absolute atomic E-state index is 5.74. The molecule has 0 saturated heterocycles. The van der Waals surface area contributed by atoms with E-state index in [2.05, 4.69) is 17.5 Å². The fourth-order valence-corrected chi connectivity index (χ4v) is 2.36. The average molecular weight is 197 g/mol. The van der Waals surface area contributed by atoms with Gasteiger partial charge in [0.15, 0.2) is 0 Å². The summed E-state index contributed by atoms with van der Waals surface area (Å²) in [6.45, 7) is 1.30. The topological polar surface area (TPSA) is 35.2 Å². The van der Waals surface area contributed by atoms with Gasteiger partial charge in [-0.25, -0.2) is 0 Å². The summed E-state index contributed by atoms with van der Waals surface area (Å²) in [5.41, 5.74) is 5.43. The van der Waals surface area contributed by atoms with Crippen LogP contribution in [0.3, 0.4) is 0 Å². The molecule has 0 aromatic carbocycles. The first-order valence-corrected chi connectivity index (χ1v) is 5.65. The molecule has 0 amide bonds. The summed E-state index contributed by atoms with van der Waals surface area (Å²) >= 11 is 1.78. The SMILES string of the molecule is NCCOC(c1cccs1)C1CC1. The first kappa shape index (κ1) is 9.19. The third-order valence-electron chi connectivity index (χ3n) is 2.29. The molecule has 1 atom stereocenters. The van der Waals surface area contributed by atoms with Gasteiger partial charge in [0.25, 0.3) is 0 Å². The Bertz CT molecular complexity index is 243. The molecule has 2 N–H and O–H groups in total. The lowest BCUT2D eigenvalue weighted by atomic mass is 10.2. The first-order chi connectivity index (χ1) is 6.42. The van der Waals surface area contributed by atoms with Crippen LogP contribution in [0.2, 0.25) is 0 Å². The second kappa shape index (κ2) is 4.22. The summed E-state index contributed by atoms with van der Waals surface area (Å²) in [7, 11) is 0. The van der Waals surface area contributed by atoms with Gasteiger partial charge in [-0.2, -0.15) is 0 Å². The summed E-state index contributed by atoms with van der Waals surface area (Å²) in [5.74, 6) is 0.755. The van der Waals surface area contributed by atoms with Crippen LogP contribution in [-0.4, -0.2) is 13.2 Å². The van der Waals surface area contributed by atoms with Gasteiger partial charge in [0, 0.05) is 11.4 Å². The highest BCUT2D eigenvalue weighted by Gasteiger charge is 2.33. The zero-order valence-electron chi connectivity index (χ0n) is 7.61. The number of ether oxygens (including phenoxy) is 1. The number of hydrogen-bond donors (Lipinski definition) is 1. The van der Waals surface area contributed by atoms with Gasteiger partial charge in [-0.3, -0.25) is 0 Å². The highest BCUT2D eigenvalue weighted by Crippen LogP contribution is 2.44. The molecular weight excluding hydrogens is 182 g/mol. The molecule has 1 saturated carbocycles. The molecule has 1 heterocycles. The van der Waals surface area contributed by atoms with E-state index in [-0.39, 0.29) is 0 Å². The molecule has 0 aliphatic heterocycles. The van der Waals surface area contributed by atoms with Crippen molar-refractivity contribution in [3.8, 4) is 0 Å². The van der Waals surface area contributed by atoms with E-state index in [0.717, 1.165) is 5.92 Å². The van der Waals surface area contributed by atoms with Crippen molar-refractivity contribution in [3.63, 3.8) is 0 Å². The lowest BCUT2D eigenvalue weighted by molar-refractivity contribution is 0.0450. The van der Waals surface area contributed by atoms with Gasteiger partial charge in [0.1, 0.15) is 0 Å². The van der Waals surface area contributed by atoms with E-state index in [1.54, 1.807) is 11.3 Å². The maximum Gasteiger partial charge on any atom is 0.0945 e. The lowest BCUT2D eigenvalue weighted by Crippen LogP contribution is -2.13. The van der Waals surface area contributed by atoms with Crippen LogP contribution in [0, 0.1) is 5.92 Å². The highest BCUT2D eigenvalue weighted by atomic mass is 32.1. The quantitative estimate of drug-likeness (QED) is 0.785. The normalized spacial score (nSPS) is 18.8. The predicted octanol–water partition coefficient (Wildman–Crippen LogP) is 2.17. The largest absolute Gasteiger partial charge is 0.371 e. The Morgan fingerprint density at radius 2 is 2.46 bits per heavy atom. The van der Waals surface area contributed by atoms with E-state index < -0.39 is 0 Å². The Morgan fingerprint density at radius 1 is 1.62 bits per heavy atom. The predicted molar refractivity (Wildman–Crippen MR) is 54.8 cm³/mol. The van der Waals surface area contributed by atoms with E-state index in [0.29, 0.717) is 19.3 Å². The van der Waals surface area contributed by atoms with E-state index in [1.165, 1.54) is 17.7 Å². The van der Waals surface area contributed by atoms with Gasteiger partial charge >= 0.3 is 0 Å². The molecule has 1 aliphatic rings. The van der Waals surface area contributed by atoms with Crippen LogP contribution >= 0.6 is 11.3 Å². The maximum atomic E-state index is 5.74. The third kappa shape index (κ3) is 2.30. The van der Waals surface area contributed by atoms with Crippen molar-refractivity contribution in [2.75, 3.05) is 13.2 Å². The Kier molecular flexibility index (Phi) is 2.98. The standard InChI is InChI=1S/C10H15NOS/c11-5-6-12-10(8-3-4-8)9-2-1-7-13-9/h1-2,7-8,10H,3-6,11H2. The van der Waals surface area contributed by atoms with E-state index in [4.69, 9.17) is 10.5 Å². The van der Waals surface area contributed by atoms with Crippen LogP contribution in [0.15, 0.2) is 17.5 Å². The average Bonchev–Trinajstić information content (AvgIpc) is 2.82. The molecule has 0 spiro atoms. The van der Waals surface area contributed by atoms with E-state index in [1.807, 2.05) is 0 Å². The van der Waals surface area contributed by atoms with Crippen molar-refractivity contribution >= 4 is 11.3 Å². The Morgan fingerprint density at radius 3 is 3.00 bits per heavy atom. The van der Waals surface area contributed by atoms with Crippen molar-refractivity contribution in [2.24, 2.45) is 11.7 Å². The van der Waals surface area contributed by atoms with Crippen LogP contribution in [0.25, 0.3) is 0 Å². The Labute approximate surface area is 82.7 Å². The monoisotopic (exact) mass is 197 g/mol. The van der Waals surface area contributed by atoms with E-state index >= 15 is 0 Å². The molecule has 2 rings (SSSR count). The zero-order chi connectivity index (χ0) is 9.10. The molecule has 1 unspecified atom stereocenters. The van der Waals surface area contributed by atoms with Gasteiger partial charge < -0.3 is 10.5 Å².